The van der Waals surface area contributed by atoms with Crippen LogP contribution in [0, 0.1) is 11.6 Å². The van der Waals surface area contributed by atoms with Crippen molar-refractivity contribution in [2.24, 2.45) is 0 Å². The minimum absolute atomic E-state index is 0.0949. The number of carbonyl (C=O) groups is 1. The first-order chi connectivity index (χ1) is 8.58. The molecule has 0 aliphatic heterocycles. The van der Waals surface area contributed by atoms with Gasteiger partial charge in [-0.3, -0.25) is 9.78 Å². The summed E-state index contributed by atoms with van der Waals surface area (Å²) in [5.74, 6) is -2.70. The molecule has 4 nitrogen and oxygen atoms in total. The molecule has 0 aliphatic rings. The molecule has 0 spiro atoms. The van der Waals surface area contributed by atoms with E-state index in [1.165, 1.54) is 18.3 Å². The van der Waals surface area contributed by atoms with E-state index in [0.29, 0.717) is 0 Å². The minimum atomic E-state index is -0.887. The van der Waals surface area contributed by atoms with E-state index >= 15 is 0 Å². The molecular weight excluding hydrogens is 242 g/mol. The van der Waals surface area contributed by atoms with Crippen molar-refractivity contribution in [3.8, 4) is 5.75 Å². The SMILES string of the molecule is O=C(Nc1ccncc1F)c1ccc(O)cc1F. The van der Waals surface area contributed by atoms with Gasteiger partial charge in [0.1, 0.15) is 11.6 Å². The molecule has 18 heavy (non-hydrogen) atoms. The number of aromatic nitrogens is 1. The van der Waals surface area contributed by atoms with Crippen LogP contribution in [0.4, 0.5) is 14.5 Å². The number of anilines is 1. The average Bonchev–Trinajstić information content (AvgIpc) is 2.32. The molecule has 6 heteroatoms. The van der Waals surface area contributed by atoms with Crippen molar-refractivity contribution in [3.63, 3.8) is 0 Å². The standard InChI is InChI=1S/C12H8F2N2O2/c13-9-5-7(17)1-2-8(9)12(18)16-11-3-4-15-6-10(11)14/h1-6,17H,(H,15,16,18). The summed E-state index contributed by atoms with van der Waals surface area (Å²) in [5.41, 5.74) is -0.383. The number of pyridine rings is 1. The van der Waals surface area contributed by atoms with Gasteiger partial charge < -0.3 is 10.4 Å². The van der Waals surface area contributed by atoms with Gasteiger partial charge in [0, 0.05) is 12.3 Å². The highest BCUT2D eigenvalue weighted by molar-refractivity contribution is 6.04. The molecule has 2 N–H and O–H groups in total. The van der Waals surface area contributed by atoms with Crippen molar-refractivity contribution in [1.82, 2.24) is 4.98 Å². The fourth-order valence-electron chi connectivity index (χ4n) is 1.35. The number of phenolic OH excluding ortho intramolecular Hbond substituents is 1. The normalized spacial score (nSPS) is 10.1. The van der Waals surface area contributed by atoms with E-state index in [0.717, 1.165) is 18.3 Å². The van der Waals surface area contributed by atoms with Crippen LogP contribution in [-0.4, -0.2) is 16.0 Å². The lowest BCUT2D eigenvalue weighted by Gasteiger charge is -2.06. The molecule has 0 atom stereocenters. The molecule has 0 saturated heterocycles. The predicted molar refractivity (Wildman–Crippen MR) is 60.2 cm³/mol. The van der Waals surface area contributed by atoms with Gasteiger partial charge in [0.15, 0.2) is 5.82 Å². The topological polar surface area (TPSA) is 62.2 Å². The average molecular weight is 250 g/mol. The second-order valence-corrected chi connectivity index (χ2v) is 3.47. The Bertz CT molecular complexity index is 602. The third kappa shape index (κ3) is 2.42. The monoisotopic (exact) mass is 250 g/mol. The Balaban J connectivity index is 2.25. The summed E-state index contributed by atoms with van der Waals surface area (Å²) in [4.78, 5) is 15.2. The molecule has 0 aliphatic carbocycles. The van der Waals surface area contributed by atoms with Crippen molar-refractivity contribution in [2.75, 3.05) is 5.32 Å². The zero-order chi connectivity index (χ0) is 13.1. The van der Waals surface area contributed by atoms with Gasteiger partial charge in [-0.2, -0.15) is 0 Å². The summed E-state index contributed by atoms with van der Waals surface area (Å²) in [5, 5.41) is 11.2. The van der Waals surface area contributed by atoms with E-state index in [4.69, 9.17) is 5.11 Å². The largest absolute Gasteiger partial charge is 0.508 e. The summed E-state index contributed by atoms with van der Waals surface area (Å²) in [6.07, 6.45) is 2.23. The number of nitrogens with one attached hydrogen (secondary N) is 1. The molecule has 1 amide bonds. The van der Waals surface area contributed by atoms with Crippen LogP contribution in [0.1, 0.15) is 10.4 Å². The minimum Gasteiger partial charge on any atom is -0.508 e. The lowest BCUT2D eigenvalue weighted by molar-refractivity contribution is 0.102. The number of carbonyl (C=O) groups excluding carboxylic acids is 1. The second kappa shape index (κ2) is 4.79. The van der Waals surface area contributed by atoms with Crippen LogP contribution in [0.25, 0.3) is 0 Å². The Morgan fingerprint density at radius 3 is 2.67 bits per heavy atom. The Kier molecular flexibility index (Phi) is 3.18. The maximum absolute atomic E-state index is 13.4. The fourth-order valence-corrected chi connectivity index (χ4v) is 1.35. The molecule has 1 aromatic carbocycles. The van der Waals surface area contributed by atoms with Gasteiger partial charge in [0.05, 0.1) is 17.4 Å². The molecule has 0 fully saturated rings. The molecule has 92 valence electrons. The van der Waals surface area contributed by atoms with E-state index < -0.39 is 17.5 Å². The zero-order valence-electron chi connectivity index (χ0n) is 9.02. The first-order valence-corrected chi connectivity index (χ1v) is 4.97. The van der Waals surface area contributed by atoms with Crippen LogP contribution >= 0.6 is 0 Å². The molecule has 0 saturated carbocycles. The first kappa shape index (κ1) is 12.0. The van der Waals surface area contributed by atoms with E-state index in [1.54, 1.807) is 0 Å². The molecule has 0 radical (unpaired) electrons. The van der Waals surface area contributed by atoms with Crippen molar-refractivity contribution >= 4 is 11.6 Å². The number of amides is 1. The van der Waals surface area contributed by atoms with Crippen molar-refractivity contribution in [3.05, 3.63) is 53.9 Å². The van der Waals surface area contributed by atoms with Gasteiger partial charge >= 0.3 is 0 Å². The Hall–Kier alpha value is -2.50. The van der Waals surface area contributed by atoms with Gasteiger partial charge in [0.2, 0.25) is 0 Å². The Labute approximate surface area is 101 Å². The maximum atomic E-state index is 13.4. The summed E-state index contributed by atoms with van der Waals surface area (Å²) in [6, 6.07) is 4.34. The quantitative estimate of drug-likeness (QED) is 0.859. The molecule has 2 aromatic rings. The fraction of sp³-hybridized carbons (Fsp3) is 0. The maximum Gasteiger partial charge on any atom is 0.258 e. The van der Waals surface area contributed by atoms with E-state index in [1.807, 2.05) is 0 Å². The van der Waals surface area contributed by atoms with Crippen LogP contribution in [0.15, 0.2) is 36.7 Å². The molecule has 1 heterocycles. The number of rotatable bonds is 2. The smallest absolute Gasteiger partial charge is 0.258 e. The van der Waals surface area contributed by atoms with E-state index in [2.05, 4.69) is 10.3 Å². The van der Waals surface area contributed by atoms with E-state index in [9.17, 15) is 13.6 Å². The number of hydrogen-bond donors (Lipinski definition) is 2. The summed E-state index contributed by atoms with van der Waals surface area (Å²) in [6.45, 7) is 0. The van der Waals surface area contributed by atoms with E-state index in [-0.39, 0.29) is 17.0 Å². The second-order valence-electron chi connectivity index (χ2n) is 3.47. The first-order valence-electron chi connectivity index (χ1n) is 4.97. The Morgan fingerprint density at radius 1 is 1.22 bits per heavy atom. The number of aromatic hydroxyl groups is 1. The summed E-state index contributed by atoms with van der Waals surface area (Å²) in [7, 11) is 0. The number of nitrogens with zero attached hydrogens (tertiary/aromatic N) is 1. The third-order valence-corrected chi connectivity index (χ3v) is 2.22. The number of halogens is 2. The van der Waals surface area contributed by atoms with Crippen molar-refractivity contribution < 1.29 is 18.7 Å². The predicted octanol–water partition coefficient (Wildman–Crippen LogP) is 2.32. The van der Waals surface area contributed by atoms with Gasteiger partial charge in [-0.05, 0) is 18.2 Å². The lowest BCUT2D eigenvalue weighted by atomic mass is 10.2. The molecule has 2 rings (SSSR count). The highest BCUT2D eigenvalue weighted by Crippen LogP contribution is 2.17. The Morgan fingerprint density at radius 2 is 2.00 bits per heavy atom. The van der Waals surface area contributed by atoms with Gasteiger partial charge in [-0.1, -0.05) is 0 Å². The van der Waals surface area contributed by atoms with Crippen LogP contribution in [0.5, 0.6) is 5.75 Å². The van der Waals surface area contributed by atoms with Gasteiger partial charge in [-0.15, -0.1) is 0 Å². The molecular formula is C12H8F2N2O2. The molecule has 1 aromatic heterocycles. The van der Waals surface area contributed by atoms with Crippen LogP contribution in [0.3, 0.4) is 0 Å². The number of phenols is 1. The zero-order valence-corrected chi connectivity index (χ0v) is 9.02. The lowest BCUT2D eigenvalue weighted by Crippen LogP contribution is -2.14. The van der Waals surface area contributed by atoms with Gasteiger partial charge in [-0.25, -0.2) is 8.78 Å². The molecule has 0 bridgehead atoms. The van der Waals surface area contributed by atoms with Crippen molar-refractivity contribution in [1.29, 1.82) is 0 Å². The highest BCUT2D eigenvalue weighted by Gasteiger charge is 2.13. The number of hydrogen-bond acceptors (Lipinski definition) is 3. The van der Waals surface area contributed by atoms with Crippen LogP contribution < -0.4 is 5.32 Å². The molecule has 0 unspecified atom stereocenters. The number of benzene rings is 1. The van der Waals surface area contributed by atoms with Crippen molar-refractivity contribution in [2.45, 2.75) is 0 Å². The van der Waals surface area contributed by atoms with Crippen LogP contribution in [-0.2, 0) is 0 Å². The van der Waals surface area contributed by atoms with Gasteiger partial charge in [0.25, 0.3) is 5.91 Å². The third-order valence-electron chi connectivity index (χ3n) is 2.22. The summed E-state index contributed by atoms with van der Waals surface area (Å²) < 4.78 is 26.6. The van der Waals surface area contributed by atoms with Crippen LogP contribution in [0.2, 0.25) is 0 Å². The summed E-state index contributed by atoms with van der Waals surface area (Å²) >= 11 is 0. The highest BCUT2D eigenvalue weighted by atomic mass is 19.1.